The lowest BCUT2D eigenvalue weighted by Gasteiger charge is -2.08. The Morgan fingerprint density at radius 2 is 1.78 bits per heavy atom. The van der Waals surface area contributed by atoms with E-state index < -0.39 is 0 Å². The number of aromatic nitrogens is 2. The Balaban J connectivity index is 2.51. The van der Waals surface area contributed by atoms with Crippen LogP contribution in [0.3, 0.4) is 0 Å². The number of carbonyl (C=O) groups is 1. The largest absolute Gasteiger partial charge is 0.368 e. The molecule has 0 aromatic carbocycles. The van der Waals surface area contributed by atoms with Crippen LogP contribution in [0.4, 0.5) is 5.82 Å². The summed E-state index contributed by atoms with van der Waals surface area (Å²) in [6.07, 6.45) is 0. The van der Waals surface area contributed by atoms with E-state index in [2.05, 4.69) is 34.7 Å². The maximum absolute atomic E-state index is 11.7. The highest BCUT2D eigenvalue weighted by molar-refractivity contribution is 5.92. The summed E-state index contributed by atoms with van der Waals surface area (Å²) in [6, 6.07) is 3.46. The lowest BCUT2D eigenvalue weighted by molar-refractivity contribution is 0.0943. The molecule has 0 aliphatic heterocycles. The molecular weight excluding hydrogens is 228 g/mol. The normalized spacial score (nSPS) is 10.8. The molecule has 0 aliphatic rings. The van der Waals surface area contributed by atoms with E-state index in [0.717, 1.165) is 6.54 Å². The number of carbonyl (C=O) groups excluding carboxylic acids is 1. The molecule has 1 heterocycles. The molecule has 0 radical (unpaired) electrons. The fraction of sp³-hybridized carbons (Fsp3) is 0.615. The van der Waals surface area contributed by atoms with Crippen molar-refractivity contribution in [3.05, 3.63) is 17.8 Å². The van der Waals surface area contributed by atoms with Crippen LogP contribution in [0.25, 0.3) is 0 Å². The predicted octanol–water partition coefficient (Wildman–Crippen LogP) is 1.93. The van der Waals surface area contributed by atoms with Crippen LogP contribution in [-0.2, 0) is 0 Å². The highest BCUT2D eigenvalue weighted by Crippen LogP contribution is 2.03. The van der Waals surface area contributed by atoms with E-state index in [1.54, 1.807) is 12.1 Å². The fourth-order valence-corrected chi connectivity index (χ4v) is 1.24. The van der Waals surface area contributed by atoms with Crippen LogP contribution >= 0.6 is 0 Å². The van der Waals surface area contributed by atoms with Crippen LogP contribution in [0.2, 0.25) is 0 Å². The van der Waals surface area contributed by atoms with Crippen molar-refractivity contribution in [3.8, 4) is 0 Å². The van der Waals surface area contributed by atoms with Crippen molar-refractivity contribution in [3.63, 3.8) is 0 Å². The van der Waals surface area contributed by atoms with Gasteiger partial charge in [-0.3, -0.25) is 4.79 Å². The van der Waals surface area contributed by atoms with Gasteiger partial charge in [0, 0.05) is 13.1 Å². The molecule has 1 aromatic rings. The zero-order valence-electron chi connectivity index (χ0n) is 11.5. The van der Waals surface area contributed by atoms with E-state index in [-0.39, 0.29) is 5.91 Å². The SMILES string of the molecule is CC(C)CNC(=O)c1ccc(NCC(C)C)nn1. The van der Waals surface area contributed by atoms with E-state index in [0.29, 0.717) is 29.9 Å². The summed E-state index contributed by atoms with van der Waals surface area (Å²) in [7, 11) is 0. The van der Waals surface area contributed by atoms with Gasteiger partial charge in [0.1, 0.15) is 5.82 Å². The van der Waals surface area contributed by atoms with E-state index in [1.165, 1.54) is 0 Å². The molecule has 0 fully saturated rings. The topological polar surface area (TPSA) is 66.9 Å². The monoisotopic (exact) mass is 250 g/mol. The Hall–Kier alpha value is -1.65. The molecule has 0 unspecified atom stereocenters. The maximum atomic E-state index is 11.7. The molecule has 0 bridgehead atoms. The van der Waals surface area contributed by atoms with Crippen molar-refractivity contribution in [1.82, 2.24) is 15.5 Å². The third-order valence-electron chi connectivity index (χ3n) is 2.26. The molecule has 5 heteroatoms. The van der Waals surface area contributed by atoms with Gasteiger partial charge < -0.3 is 10.6 Å². The van der Waals surface area contributed by atoms with Gasteiger partial charge in [0.05, 0.1) is 0 Å². The first-order valence-electron chi connectivity index (χ1n) is 6.35. The van der Waals surface area contributed by atoms with Crippen LogP contribution in [0, 0.1) is 11.8 Å². The number of rotatable bonds is 6. The van der Waals surface area contributed by atoms with Crippen LogP contribution in [-0.4, -0.2) is 29.2 Å². The molecule has 1 aromatic heterocycles. The summed E-state index contributed by atoms with van der Waals surface area (Å²) in [5, 5.41) is 13.8. The molecule has 0 saturated heterocycles. The van der Waals surface area contributed by atoms with Crippen molar-refractivity contribution < 1.29 is 4.79 Å². The average Bonchev–Trinajstić information content (AvgIpc) is 2.34. The van der Waals surface area contributed by atoms with Gasteiger partial charge in [-0.05, 0) is 24.0 Å². The number of hydrogen-bond acceptors (Lipinski definition) is 4. The van der Waals surface area contributed by atoms with Gasteiger partial charge in [-0.25, -0.2) is 0 Å². The van der Waals surface area contributed by atoms with E-state index in [1.807, 2.05) is 13.8 Å². The molecule has 0 saturated carbocycles. The first-order chi connectivity index (χ1) is 8.49. The maximum Gasteiger partial charge on any atom is 0.271 e. The van der Waals surface area contributed by atoms with Crippen LogP contribution in [0.5, 0.6) is 0 Å². The Bertz CT molecular complexity index is 373. The standard InChI is InChI=1S/C13H22N4O/c1-9(2)7-14-12-6-5-11(16-17-12)13(18)15-8-10(3)4/h5-6,9-10H,7-8H2,1-4H3,(H,14,17)(H,15,18). The third-order valence-corrected chi connectivity index (χ3v) is 2.26. The van der Waals surface area contributed by atoms with Crippen LogP contribution in [0.15, 0.2) is 12.1 Å². The van der Waals surface area contributed by atoms with Gasteiger partial charge in [-0.15, -0.1) is 10.2 Å². The molecule has 5 nitrogen and oxygen atoms in total. The smallest absolute Gasteiger partial charge is 0.271 e. The van der Waals surface area contributed by atoms with Crippen molar-refractivity contribution in [2.24, 2.45) is 11.8 Å². The summed E-state index contributed by atoms with van der Waals surface area (Å²) in [5.74, 6) is 1.49. The summed E-state index contributed by atoms with van der Waals surface area (Å²) in [6.45, 7) is 9.82. The van der Waals surface area contributed by atoms with Gasteiger partial charge in [0.15, 0.2) is 5.69 Å². The van der Waals surface area contributed by atoms with Crippen molar-refractivity contribution in [2.45, 2.75) is 27.7 Å². The molecule has 1 amide bonds. The van der Waals surface area contributed by atoms with Crippen molar-refractivity contribution >= 4 is 11.7 Å². The number of amides is 1. The van der Waals surface area contributed by atoms with Crippen LogP contribution < -0.4 is 10.6 Å². The molecule has 0 spiro atoms. The van der Waals surface area contributed by atoms with Crippen LogP contribution in [0.1, 0.15) is 38.2 Å². The van der Waals surface area contributed by atoms with Crippen molar-refractivity contribution in [2.75, 3.05) is 18.4 Å². The van der Waals surface area contributed by atoms with Gasteiger partial charge >= 0.3 is 0 Å². The predicted molar refractivity (Wildman–Crippen MR) is 72.5 cm³/mol. The van der Waals surface area contributed by atoms with Gasteiger partial charge in [-0.2, -0.15) is 0 Å². The molecule has 2 N–H and O–H groups in total. The van der Waals surface area contributed by atoms with E-state index in [4.69, 9.17) is 0 Å². The lowest BCUT2D eigenvalue weighted by Crippen LogP contribution is -2.28. The highest BCUT2D eigenvalue weighted by Gasteiger charge is 2.08. The molecular formula is C13H22N4O. The van der Waals surface area contributed by atoms with Gasteiger partial charge in [0.25, 0.3) is 5.91 Å². The van der Waals surface area contributed by atoms with E-state index in [9.17, 15) is 4.79 Å². The lowest BCUT2D eigenvalue weighted by atomic mass is 10.2. The minimum atomic E-state index is -0.174. The van der Waals surface area contributed by atoms with Crippen molar-refractivity contribution in [1.29, 1.82) is 0 Å². The molecule has 18 heavy (non-hydrogen) atoms. The zero-order valence-corrected chi connectivity index (χ0v) is 11.5. The third kappa shape index (κ3) is 5.12. The van der Waals surface area contributed by atoms with Gasteiger partial charge in [0.2, 0.25) is 0 Å². The zero-order chi connectivity index (χ0) is 13.5. The second-order valence-corrected chi connectivity index (χ2v) is 5.18. The number of hydrogen-bond donors (Lipinski definition) is 2. The summed E-state index contributed by atoms with van der Waals surface area (Å²) in [5.41, 5.74) is 0.353. The second kappa shape index (κ2) is 6.93. The molecule has 100 valence electrons. The summed E-state index contributed by atoms with van der Waals surface area (Å²) >= 11 is 0. The Morgan fingerprint density at radius 3 is 2.28 bits per heavy atom. The number of anilines is 1. The first kappa shape index (κ1) is 14.4. The summed E-state index contributed by atoms with van der Waals surface area (Å²) < 4.78 is 0. The van der Waals surface area contributed by atoms with Gasteiger partial charge in [-0.1, -0.05) is 27.7 Å². The molecule has 0 aliphatic carbocycles. The number of nitrogens with one attached hydrogen (secondary N) is 2. The quantitative estimate of drug-likeness (QED) is 0.809. The number of nitrogens with zero attached hydrogens (tertiary/aromatic N) is 2. The molecule has 1 rings (SSSR count). The Kier molecular flexibility index (Phi) is 5.55. The minimum absolute atomic E-state index is 0.174. The van der Waals surface area contributed by atoms with E-state index >= 15 is 0 Å². The highest BCUT2D eigenvalue weighted by atomic mass is 16.1. The second-order valence-electron chi connectivity index (χ2n) is 5.18. The Labute approximate surface area is 108 Å². The Morgan fingerprint density at radius 1 is 1.11 bits per heavy atom. The first-order valence-corrected chi connectivity index (χ1v) is 6.35. The average molecular weight is 250 g/mol. The fourth-order valence-electron chi connectivity index (χ4n) is 1.24. The molecule has 0 atom stereocenters. The summed E-state index contributed by atoms with van der Waals surface area (Å²) in [4.78, 5) is 11.7. The minimum Gasteiger partial charge on any atom is -0.368 e.